The van der Waals surface area contributed by atoms with Crippen LogP contribution in [0, 0.1) is 12.8 Å². The minimum atomic E-state index is -0.216. The molecule has 1 rings (SSSR count). The predicted octanol–water partition coefficient (Wildman–Crippen LogP) is 4.08. The molecule has 1 amide bonds. The lowest BCUT2D eigenvalue weighted by Crippen LogP contribution is -2.13. The monoisotopic (exact) mass is 305 g/mol. The fourth-order valence-corrected chi connectivity index (χ4v) is 2.09. The van der Waals surface area contributed by atoms with Gasteiger partial charge in [-0.2, -0.15) is 0 Å². The Balaban J connectivity index is 2.13. The van der Waals surface area contributed by atoms with E-state index in [1.54, 1.807) is 0 Å². The van der Waals surface area contributed by atoms with Gasteiger partial charge < -0.3 is 10.1 Å². The normalized spacial score (nSPS) is 10.5. The largest absolute Gasteiger partial charge is 0.466 e. The van der Waals surface area contributed by atoms with Crippen molar-refractivity contribution in [2.24, 2.45) is 5.92 Å². The number of carbonyl (C=O) groups excluding carboxylic acids is 2. The van der Waals surface area contributed by atoms with Gasteiger partial charge in [0.15, 0.2) is 0 Å². The molecule has 0 unspecified atom stereocenters. The van der Waals surface area contributed by atoms with Crippen LogP contribution in [0.15, 0.2) is 24.3 Å². The van der Waals surface area contributed by atoms with E-state index < -0.39 is 0 Å². The Morgan fingerprint density at radius 3 is 2.64 bits per heavy atom. The van der Waals surface area contributed by atoms with E-state index >= 15 is 0 Å². The summed E-state index contributed by atoms with van der Waals surface area (Å²) in [6.07, 6.45) is 3.10. The first kappa shape index (κ1) is 18.2. The first-order chi connectivity index (χ1) is 10.5. The standard InChI is InChI=1S/C18H27NO3/c1-14(2)7-6-12-22-18(21)11-5-10-17(20)19-16-9-4-8-15(3)13-16/h4,8-9,13-14H,5-7,10-12H2,1-3H3,(H,19,20). The Hall–Kier alpha value is -1.84. The molecule has 4 heteroatoms. The molecular weight excluding hydrogens is 278 g/mol. The molecule has 1 N–H and O–H groups in total. The second-order valence-electron chi connectivity index (χ2n) is 6.03. The molecule has 0 heterocycles. The zero-order valence-electron chi connectivity index (χ0n) is 13.9. The molecule has 0 atom stereocenters. The van der Waals surface area contributed by atoms with Gasteiger partial charge in [-0.15, -0.1) is 0 Å². The number of amides is 1. The lowest BCUT2D eigenvalue weighted by atomic mass is 10.1. The fraction of sp³-hybridized carbons (Fsp3) is 0.556. The number of rotatable bonds is 9. The van der Waals surface area contributed by atoms with Crippen molar-refractivity contribution in [3.8, 4) is 0 Å². The van der Waals surface area contributed by atoms with E-state index in [4.69, 9.17) is 4.74 Å². The summed E-state index contributed by atoms with van der Waals surface area (Å²) in [6.45, 7) is 6.75. The summed E-state index contributed by atoms with van der Waals surface area (Å²) in [7, 11) is 0. The van der Waals surface area contributed by atoms with Gasteiger partial charge in [0.2, 0.25) is 5.91 Å². The molecule has 0 fully saturated rings. The summed E-state index contributed by atoms with van der Waals surface area (Å²) in [5.74, 6) is 0.342. The SMILES string of the molecule is Cc1cccc(NC(=O)CCCC(=O)OCCCC(C)C)c1. The summed E-state index contributed by atoms with van der Waals surface area (Å²) < 4.78 is 5.14. The summed E-state index contributed by atoms with van der Waals surface area (Å²) >= 11 is 0. The van der Waals surface area contributed by atoms with Gasteiger partial charge in [-0.3, -0.25) is 9.59 Å². The van der Waals surface area contributed by atoms with Gasteiger partial charge >= 0.3 is 5.97 Å². The van der Waals surface area contributed by atoms with Crippen molar-refractivity contribution in [3.05, 3.63) is 29.8 Å². The lowest BCUT2D eigenvalue weighted by Gasteiger charge is -2.07. The number of hydrogen-bond acceptors (Lipinski definition) is 3. The second kappa shape index (κ2) is 9.98. The molecule has 0 aromatic heterocycles. The number of anilines is 1. The van der Waals surface area contributed by atoms with Crippen molar-refractivity contribution >= 4 is 17.6 Å². The summed E-state index contributed by atoms with van der Waals surface area (Å²) in [5, 5.41) is 2.83. The molecule has 0 radical (unpaired) electrons. The number of esters is 1. The average molecular weight is 305 g/mol. The first-order valence-corrected chi connectivity index (χ1v) is 7.99. The number of carbonyl (C=O) groups is 2. The fourth-order valence-electron chi connectivity index (χ4n) is 2.09. The van der Waals surface area contributed by atoms with E-state index in [0.29, 0.717) is 31.8 Å². The van der Waals surface area contributed by atoms with E-state index in [1.807, 2.05) is 31.2 Å². The highest BCUT2D eigenvalue weighted by Gasteiger charge is 2.07. The third-order valence-corrected chi connectivity index (χ3v) is 3.28. The first-order valence-electron chi connectivity index (χ1n) is 7.99. The Morgan fingerprint density at radius 2 is 1.95 bits per heavy atom. The molecule has 22 heavy (non-hydrogen) atoms. The van der Waals surface area contributed by atoms with Crippen LogP contribution in [0.1, 0.15) is 51.5 Å². The average Bonchev–Trinajstić information content (AvgIpc) is 2.43. The van der Waals surface area contributed by atoms with Gasteiger partial charge in [0.05, 0.1) is 6.61 Å². The number of aryl methyl sites for hydroxylation is 1. The highest BCUT2D eigenvalue weighted by Crippen LogP contribution is 2.10. The Bertz CT molecular complexity index is 483. The van der Waals surface area contributed by atoms with E-state index in [2.05, 4.69) is 19.2 Å². The highest BCUT2D eigenvalue weighted by atomic mass is 16.5. The zero-order chi connectivity index (χ0) is 16.4. The Kier molecular flexibility index (Phi) is 8.26. The molecule has 0 saturated carbocycles. The minimum absolute atomic E-state index is 0.0711. The molecule has 1 aromatic rings. The molecule has 0 aliphatic carbocycles. The lowest BCUT2D eigenvalue weighted by molar-refractivity contribution is -0.143. The molecule has 0 spiro atoms. The summed E-state index contributed by atoms with van der Waals surface area (Å²) in [4.78, 5) is 23.3. The number of benzene rings is 1. The third kappa shape index (κ3) is 8.45. The third-order valence-electron chi connectivity index (χ3n) is 3.28. The number of ether oxygens (including phenoxy) is 1. The van der Waals surface area contributed by atoms with Crippen LogP contribution in [0.3, 0.4) is 0 Å². The van der Waals surface area contributed by atoms with Gasteiger partial charge in [0.1, 0.15) is 0 Å². The maximum Gasteiger partial charge on any atom is 0.305 e. The highest BCUT2D eigenvalue weighted by molar-refractivity contribution is 5.90. The summed E-state index contributed by atoms with van der Waals surface area (Å²) in [6, 6.07) is 7.65. The maximum atomic E-state index is 11.8. The molecule has 0 aliphatic heterocycles. The topological polar surface area (TPSA) is 55.4 Å². The Labute approximate surface area is 133 Å². The van der Waals surface area contributed by atoms with Crippen LogP contribution >= 0.6 is 0 Å². The Morgan fingerprint density at radius 1 is 1.18 bits per heavy atom. The van der Waals surface area contributed by atoms with E-state index in [0.717, 1.165) is 24.1 Å². The van der Waals surface area contributed by atoms with Crippen molar-refractivity contribution in [3.63, 3.8) is 0 Å². The van der Waals surface area contributed by atoms with E-state index in [1.165, 1.54) is 0 Å². The van der Waals surface area contributed by atoms with Crippen molar-refractivity contribution < 1.29 is 14.3 Å². The van der Waals surface area contributed by atoms with Crippen LogP contribution in [0.5, 0.6) is 0 Å². The maximum absolute atomic E-state index is 11.8. The van der Waals surface area contributed by atoms with Crippen LogP contribution < -0.4 is 5.32 Å². The molecule has 4 nitrogen and oxygen atoms in total. The number of hydrogen-bond donors (Lipinski definition) is 1. The van der Waals surface area contributed by atoms with Gasteiger partial charge in [0, 0.05) is 18.5 Å². The second-order valence-corrected chi connectivity index (χ2v) is 6.03. The van der Waals surface area contributed by atoms with Crippen molar-refractivity contribution in [2.75, 3.05) is 11.9 Å². The van der Waals surface area contributed by atoms with E-state index in [-0.39, 0.29) is 11.9 Å². The van der Waals surface area contributed by atoms with Gasteiger partial charge in [0.25, 0.3) is 0 Å². The summed E-state index contributed by atoms with van der Waals surface area (Å²) in [5.41, 5.74) is 1.89. The van der Waals surface area contributed by atoms with Crippen LogP contribution in [0.25, 0.3) is 0 Å². The van der Waals surface area contributed by atoms with Crippen LogP contribution in [-0.4, -0.2) is 18.5 Å². The quantitative estimate of drug-likeness (QED) is 0.552. The van der Waals surface area contributed by atoms with Gasteiger partial charge in [-0.25, -0.2) is 0 Å². The zero-order valence-corrected chi connectivity index (χ0v) is 13.9. The van der Waals surface area contributed by atoms with Crippen molar-refractivity contribution in [1.29, 1.82) is 0 Å². The minimum Gasteiger partial charge on any atom is -0.466 e. The molecular formula is C18H27NO3. The number of nitrogens with one attached hydrogen (secondary N) is 1. The van der Waals surface area contributed by atoms with Crippen molar-refractivity contribution in [2.45, 2.75) is 52.9 Å². The molecule has 0 saturated heterocycles. The predicted molar refractivity (Wildman–Crippen MR) is 88.7 cm³/mol. The molecule has 122 valence electrons. The van der Waals surface area contributed by atoms with Crippen molar-refractivity contribution in [1.82, 2.24) is 0 Å². The van der Waals surface area contributed by atoms with Gasteiger partial charge in [-0.05, 0) is 49.8 Å². The van der Waals surface area contributed by atoms with Crippen LogP contribution in [0.4, 0.5) is 5.69 Å². The van der Waals surface area contributed by atoms with Gasteiger partial charge in [-0.1, -0.05) is 26.0 Å². The van der Waals surface area contributed by atoms with E-state index in [9.17, 15) is 9.59 Å². The molecule has 1 aromatic carbocycles. The molecule has 0 bridgehead atoms. The van der Waals surface area contributed by atoms with Crippen LogP contribution in [0.2, 0.25) is 0 Å². The smallest absolute Gasteiger partial charge is 0.305 e. The van der Waals surface area contributed by atoms with Crippen LogP contribution in [-0.2, 0) is 14.3 Å². The molecule has 0 aliphatic rings.